The van der Waals surface area contributed by atoms with Crippen LogP contribution in [0, 0.1) is 50.2 Å². The molecule has 9 atom stereocenters. The van der Waals surface area contributed by atoms with Gasteiger partial charge in [-0.15, -0.1) is 0 Å². The van der Waals surface area contributed by atoms with E-state index < -0.39 is 16.9 Å². The molecule has 0 aromatic carbocycles. The fraction of sp³-hybridized carbons (Fsp3) is 0.850. The van der Waals surface area contributed by atoms with Crippen molar-refractivity contribution < 1.29 is 29.0 Å². The van der Waals surface area contributed by atoms with Crippen LogP contribution < -0.4 is 5.32 Å². The summed E-state index contributed by atoms with van der Waals surface area (Å²) in [7, 11) is 0. The van der Waals surface area contributed by atoms with Crippen molar-refractivity contribution in [1.29, 1.82) is 0 Å². The summed E-state index contributed by atoms with van der Waals surface area (Å²) in [5.41, 5.74) is -0.935. The van der Waals surface area contributed by atoms with Gasteiger partial charge in [-0.25, -0.2) is 0 Å². The standard InChI is InChI=1S/C40H64N2O6/c1-12-48-31(46)24-42(23-30(45)41-34(2,3)4)33(47)37(8)18-17-36(7)19-20-39(10)25(26(36)22-37)21-27(43)32-38(9)15-14-29(44)35(5,6)28(38)13-16-40(32,39)11/h21,26,28-29,32,44H,12-20,22-24H2,1-11H3,(H,41,45)/t26-,28-,29-,32+,36+,37-,38-,39+,40+/m0/s1. The highest BCUT2D eigenvalue weighted by molar-refractivity contribution is 5.96. The number of rotatable bonds is 6. The Labute approximate surface area is 289 Å². The molecule has 0 bridgehead atoms. The van der Waals surface area contributed by atoms with Gasteiger partial charge in [-0.3, -0.25) is 19.2 Å². The van der Waals surface area contributed by atoms with Crippen LogP contribution in [-0.4, -0.2) is 64.9 Å². The van der Waals surface area contributed by atoms with Crippen LogP contribution in [0.5, 0.6) is 0 Å². The molecule has 8 nitrogen and oxygen atoms in total. The molecule has 5 rings (SSSR count). The molecular weight excluding hydrogens is 604 g/mol. The molecule has 270 valence electrons. The zero-order chi connectivity index (χ0) is 35.9. The number of ether oxygens (including phenoxy) is 1. The molecular formula is C40H64N2O6. The Morgan fingerprint density at radius 2 is 1.58 bits per heavy atom. The van der Waals surface area contributed by atoms with Gasteiger partial charge in [0, 0.05) is 16.9 Å². The van der Waals surface area contributed by atoms with E-state index in [0.717, 1.165) is 44.9 Å². The van der Waals surface area contributed by atoms with Gasteiger partial charge in [-0.1, -0.05) is 54.0 Å². The van der Waals surface area contributed by atoms with E-state index in [9.17, 15) is 24.3 Å². The molecule has 4 saturated carbocycles. The molecule has 4 fully saturated rings. The number of ketones is 1. The number of hydrogen-bond acceptors (Lipinski definition) is 6. The molecule has 8 heteroatoms. The Hall–Kier alpha value is -2.22. The van der Waals surface area contributed by atoms with E-state index in [1.807, 2.05) is 33.8 Å². The second kappa shape index (κ2) is 11.9. The third-order valence-electron chi connectivity index (χ3n) is 14.8. The summed E-state index contributed by atoms with van der Waals surface area (Å²) < 4.78 is 5.22. The van der Waals surface area contributed by atoms with Crippen molar-refractivity contribution in [3.05, 3.63) is 11.6 Å². The van der Waals surface area contributed by atoms with E-state index >= 15 is 0 Å². The Kier molecular flexibility index (Phi) is 9.22. The van der Waals surface area contributed by atoms with Crippen molar-refractivity contribution in [2.24, 2.45) is 50.2 Å². The number of fused-ring (bicyclic) bond motifs is 7. The topological polar surface area (TPSA) is 113 Å². The van der Waals surface area contributed by atoms with Gasteiger partial charge in [0.05, 0.1) is 12.7 Å². The maximum Gasteiger partial charge on any atom is 0.325 e. The minimum Gasteiger partial charge on any atom is -0.465 e. The Balaban J connectivity index is 1.50. The average molecular weight is 669 g/mol. The first-order valence-electron chi connectivity index (χ1n) is 18.7. The van der Waals surface area contributed by atoms with Crippen LogP contribution in [0.1, 0.15) is 134 Å². The second-order valence-corrected chi connectivity index (χ2v) is 19.4. The molecule has 2 N–H and O–H groups in total. The highest BCUT2D eigenvalue weighted by Gasteiger charge is 2.70. The van der Waals surface area contributed by atoms with Crippen molar-refractivity contribution in [1.82, 2.24) is 10.2 Å². The molecule has 0 spiro atoms. The van der Waals surface area contributed by atoms with Gasteiger partial charge >= 0.3 is 5.97 Å². The first kappa shape index (κ1) is 37.0. The fourth-order valence-corrected chi connectivity index (χ4v) is 11.9. The van der Waals surface area contributed by atoms with Crippen molar-refractivity contribution in [3.8, 4) is 0 Å². The predicted molar refractivity (Wildman–Crippen MR) is 187 cm³/mol. The lowest BCUT2D eigenvalue weighted by Crippen LogP contribution is -2.66. The molecule has 2 amide bonds. The van der Waals surface area contributed by atoms with Crippen molar-refractivity contribution in [2.45, 2.75) is 146 Å². The van der Waals surface area contributed by atoms with Gasteiger partial charge in [0.25, 0.3) is 0 Å². The summed E-state index contributed by atoms with van der Waals surface area (Å²) in [4.78, 5) is 56.4. The monoisotopic (exact) mass is 668 g/mol. The predicted octanol–water partition coefficient (Wildman–Crippen LogP) is 6.63. The van der Waals surface area contributed by atoms with Crippen LogP contribution in [-0.2, 0) is 23.9 Å². The van der Waals surface area contributed by atoms with Crippen LogP contribution in [0.2, 0.25) is 0 Å². The first-order chi connectivity index (χ1) is 22.0. The lowest BCUT2D eigenvalue weighted by Gasteiger charge is -2.70. The van der Waals surface area contributed by atoms with Crippen LogP contribution in [0.3, 0.4) is 0 Å². The van der Waals surface area contributed by atoms with E-state index in [1.54, 1.807) is 6.92 Å². The number of allylic oxidation sites excluding steroid dienone is 2. The number of aliphatic hydroxyl groups is 1. The molecule has 0 heterocycles. The van der Waals surface area contributed by atoms with Gasteiger partial charge in [0.1, 0.15) is 13.1 Å². The highest BCUT2D eigenvalue weighted by Crippen LogP contribution is 2.75. The van der Waals surface area contributed by atoms with E-state index in [4.69, 9.17) is 4.74 Å². The quantitative estimate of drug-likeness (QED) is 0.307. The third-order valence-corrected chi connectivity index (χ3v) is 14.8. The van der Waals surface area contributed by atoms with Gasteiger partial charge in [-0.05, 0) is 130 Å². The zero-order valence-corrected chi connectivity index (χ0v) is 31.8. The first-order valence-corrected chi connectivity index (χ1v) is 18.7. The molecule has 0 saturated heterocycles. The minimum absolute atomic E-state index is 0.0395. The number of amides is 2. The number of aliphatic hydroxyl groups excluding tert-OH is 1. The van der Waals surface area contributed by atoms with Gasteiger partial charge < -0.3 is 20.1 Å². The highest BCUT2D eigenvalue weighted by atomic mass is 16.5. The molecule has 0 aliphatic heterocycles. The summed E-state index contributed by atoms with van der Waals surface area (Å²) in [5.74, 6) is -0.579. The number of carbonyl (C=O) groups is 4. The Morgan fingerprint density at radius 3 is 2.21 bits per heavy atom. The maximum atomic E-state index is 14.7. The summed E-state index contributed by atoms with van der Waals surface area (Å²) >= 11 is 0. The lowest BCUT2D eigenvalue weighted by atomic mass is 9.33. The Bertz CT molecular complexity index is 1380. The maximum absolute atomic E-state index is 14.7. The van der Waals surface area contributed by atoms with Crippen LogP contribution in [0.25, 0.3) is 0 Å². The largest absolute Gasteiger partial charge is 0.465 e. The van der Waals surface area contributed by atoms with E-state index in [-0.39, 0.29) is 88.2 Å². The molecule has 0 unspecified atom stereocenters. The molecule has 5 aliphatic carbocycles. The Morgan fingerprint density at radius 1 is 0.938 bits per heavy atom. The zero-order valence-electron chi connectivity index (χ0n) is 31.8. The molecule has 0 aromatic rings. The summed E-state index contributed by atoms with van der Waals surface area (Å²) in [5, 5.41) is 14.0. The van der Waals surface area contributed by atoms with Crippen molar-refractivity contribution in [2.75, 3.05) is 19.7 Å². The van der Waals surface area contributed by atoms with Crippen LogP contribution in [0.15, 0.2) is 11.6 Å². The third kappa shape index (κ3) is 5.78. The summed E-state index contributed by atoms with van der Waals surface area (Å²) in [6.45, 7) is 23.0. The summed E-state index contributed by atoms with van der Waals surface area (Å²) in [6.07, 6.45) is 9.35. The second-order valence-electron chi connectivity index (χ2n) is 19.4. The number of esters is 1. The van der Waals surface area contributed by atoms with E-state index in [1.165, 1.54) is 10.5 Å². The van der Waals surface area contributed by atoms with Crippen LogP contribution in [0.4, 0.5) is 0 Å². The number of nitrogens with zero attached hydrogens (tertiary/aromatic N) is 1. The lowest BCUT2D eigenvalue weighted by molar-refractivity contribution is -0.202. The number of hydrogen-bond donors (Lipinski definition) is 2. The fourth-order valence-electron chi connectivity index (χ4n) is 11.9. The van der Waals surface area contributed by atoms with Crippen molar-refractivity contribution in [3.63, 3.8) is 0 Å². The normalized spacial score (nSPS) is 41.8. The van der Waals surface area contributed by atoms with Gasteiger partial charge in [-0.2, -0.15) is 0 Å². The van der Waals surface area contributed by atoms with Gasteiger partial charge in [0.15, 0.2) is 5.78 Å². The SMILES string of the molecule is CCOC(=O)CN(CC(=O)NC(C)(C)C)C(=O)[C@@]1(C)CC[C@]2(C)CC[C@]3(C)C(=CC(=O)[C@@H]4[C@@]5(C)CC[C@H](O)C(C)(C)[C@@H]5CC[C@]43C)[C@@H]2C1. The number of nitrogens with one attached hydrogen (secondary N) is 1. The van der Waals surface area contributed by atoms with Gasteiger partial charge in [0.2, 0.25) is 11.8 Å². The molecule has 48 heavy (non-hydrogen) atoms. The molecule has 0 radical (unpaired) electrons. The van der Waals surface area contributed by atoms with Crippen molar-refractivity contribution >= 4 is 23.6 Å². The van der Waals surface area contributed by atoms with Crippen LogP contribution >= 0.6 is 0 Å². The minimum atomic E-state index is -0.800. The molecule has 5 aliphatic rings. The van der Waals surface area contributed by atoms with E-state index in [2.05, 4.69) is 46.9 Å². The number of carbonyl (C=O) groups excluding carboxylic acids is 4. The summed E-state index contributed by atoms with van der Waals surface area (Å²) in [6, 6.07) is 0. The van der Waals surface area contributed by atoms with E-state index in [0.29, 0.717) is 12.8 Å². The smallest absolute Gasteiger partial charge is 0.325 e. The average Bonchev–Trinajstić information content (AvgIpc) is 2.95. The molecule has 0 aromatic heterocycles.